The minimum absolute atomic E-state index is 0.886. The summed E-state index contributed by atoms with van der Waals surface area (Å²) < 4.78 is 0. The van der Waals surface area contributed by atoms with E-state index < -0.39 is 0 Å². The molecule has 11 heavy (non-hydrogen) atoms. The van der Waals surface area contributed by atoms with Gasteiger partial charge < -0.3 is 5.32 Å². The van der Waals surface area contributed by atoms with Crippen LogP contribution < -0.4 is 5.32 Å². The van der Waals surface area contributed by atoms with E-state index in [-0.39, 0.29) is 0 Å². The molecule has 1 heteroatoms. The minimum atomic E-state index is 0.886. The van der Waals surface area contributed by atoms with Gasteiger partial charge in [-0.25, -0.2) is 0 Å². The fourth-order valence-electron chi connectivity index (χ4n) is 1.70. The lowest BCUT2D eigenvalue weighted by atomic mass is 9.89. The van der Waals surface area contributed by atoms with E-state index in [4.69, 9.17) is 0 Å². The fourth-order valence-corrected chi connectivity index (χ4v) is 1.70. The van der Waals surface area contributed by atoms with Crippen molar-refractivity contribution < 1.29 is 0 Å². The van der Waals surface area contributed by atoms with Crippen molar-refractivity contribution in [2.45, 2.75) is 32.1 Å². The van der Waals surface area contributed by atoms with Gasteiger partial charge in [0.2, 0.25) is 0 Å². The number of nitrogens with one attached hydrogen (secondary N) is 1. The molecule has 1 rings (SSSR count). The maximum absolute atomic E-state index is 3.12. The number of allylic oxidation sites excluding steroid dienone is 1. The first-order chi connectivity index (χ1) is 5.43. The Morgan fingerprint density at radius 1 is 1.27 bits per heavy atom. The van der Waals surface area contributed by atoms with E-state index in [9.17, 15) is 0 Å². The van der Waals surface area contributed by atoms with E-state index in [1.807, 2.05) is 7.05 Å². The fraction of sp³-hybridized carbons (Fsp3) is 0.800. The Balaban J connectivity index is 2.13. The summed E-state index contributed by atoms with van der Waals surface area (Å²) in [5, 5.41) is 3.12. The second kappa shape index (κ2) is 5.36. The largest absolute Gasteiger partial charge is 0.316 e. The van der Waals surface area contributed by atoms with E-state index in [2.05, 4.69) is 17.5 Å². The van der Waals surface area contributed by atoms with Crippen LogP contribution in [0.5, 0.6) is 0 Å². The highest BCUT2D eigenvalue weighted by atomic mass is 14.8. The molecule has 1 saturated carbocycles. The van der Waals surface area contributed by atoms with Crippen LogP contribution >= 0.6 is 0 Å². The van der Waals surface area contributed by atoms with E-state index >= 15 is 0 Å². The molecule has 0 saturated heterocycles. The van der Waals surface area contributed by atoms with Crippen LogP contribution in [0.25, 0.3) is 0 Å². The molecule has 1 aliphatic rings. The molecule has 0 bridgehead atoms. The molecule has 1 fully saturated rings. The quantitative estimate of drug-likeness (QED) is 0.614. The zero-order valence-electron chi connectivity index (χ0n) is 7.47. The Labute approximate surface area is 69.9 Å². The molecule has 0 aliphatic heterocycles. The van der Waals surface area contributed by atoms with Crippen molar-refractivity contribution in [2.75, 3.05) is 13.6 Å². The average molecular weight is 153 g/mol. The summed E-state index contributed by atoms with van der Waals surface area (Å²) >= 11 is 0. The van der Waals surface area contributed by atoms with E-state index in [1.54, 1.807) is 0 Å². The van der Waals surface area contributed by atoms with Crippen molar-refractivity contribution in [1.29, 1.82) is 0 Å². The second-order valence-electron chi connectivity index (χ2n) is 3.38. The van der Waals surface area contributed by atoms with Gasteiger partial charge in [0.05, 0.1) is 0 Å². The van der Waals surface area contributed by atoms with Crippen LogP contribution in [0.3, 0.4) is 0 Å². The maximum atomic E-state index is 3.12. The zero-order valence-corrected chi connectivity index (χ0v) is 7.47. The lowest BCUT2D eigenvalue weighted by Gasteiger charge is -2.17. The Morgan fingerprint density at radius 3 is 2.64 bits per heavy atom. The van der Waals surface area contributed by atoms with Crippen LogP contribution in [0, 0.1) is 5.92 Å². The van der Waals surface area contributed by atoms with Crippen molar-refractivity contribution in [3.05, 3.63) is 12.2 Å². The standard InChI is InChI=1S/C10H19N/c1-11-9-5-8-10-6-3-2-4-7-10/h5,8,10-11H,2-4,6-7,9H2,1H3. The lowest BCUT2D eigenvalue weighted by Crippen LogP contribution is -2.07. The van der Waals surface area contributed by atoms with Gasteiger partial charge in [-0.15, -0.1) is 0 Å². The third-order valence-electron chi connectivity index (χ3n) is 2.38. The molecule has 0 unspecified atom stereocenters. The van der Waals surface area contributed by atoms with Gasteiger partial charge in [-0.3, -0.25) is 0 Å². The van der Waals surface area contributed by atoms with E-state index in [1.165, 1.54) is 32.1 Å². The normalized spacial score (nSPS) is 21.2. The molecule has 0 aromatic rings. The monoisotopic (exact) mass is 153 g/mol. The highest BCUT2D eigenvalue weighted by molar-refractivity contribution is 4.90. The van der Waals surface area contributed by atoms with Crippen molar-refractivity contribution >= 4 is 0 Å². The SMILES string of the molecule is CNCC=CC1CCCCC1. The molecule has 0 aromatic carbocycles. The van der Waals surface area contributed by atoms with E-state index in [0.717, 1.165) is 12.5 Å². The van der Waals surface area contributed by atoms with Crippen LogP contribution in [0.1, 0.15) is 32.1 Å². The summed E-state index contributed by atoms with van der Waals surface area (Å²) in [6.07, 6.45) is 11.8. The smallest absolute Gasteiger partial charge is 0.0131 e. The predicted molar refractivity (Wildman–Crippen MR) is 49.6 cm³/mol. The van der Waals surface area contributed by atoms with Gasteiger partial charge in [0.15, 0.2) is 0 Å². The van der Waals surface area contributed by atoms with Gasteiger partial charge in [-0.05, 0) is 25.8 Å². The summed E-state index contributed by atoms with van der Waals surface area (Å²) in [6.45, 7) is 1.02. The van der Waals surface area contributed by atoms with Crippen molar-refractivity contribution in [1.82, 2.24) is 5.32 Å². The van der Waals surface area contributed by atoms with Gasteiger partial charge in [0.1, 0.15) is 0 Å². The number of hydrogen-bond acceptors (Lipinski definition) is 1. The van der Waals surface area contributed by atoms with Crippen LogP contribution in [0.2, 0.25) is 0 Å². The first kappa shape index (κ1) is 8.79. The van der Waals surface area contributed by atoms with Gasteiger partial charge >= 0.3 is 0 Å². The summed E-state index contributed by atoms with van der Waals surface area (Å²) in [5.41, 5.74) is 0. The van der Waals surface area contributed by atoms with Crippen molar-refractivity contribution in [2.24, 2.45) is 5.92 Å². The molecule has 1 nitrogen and oxygen atoms in total. The predicted octanol–water partition coefficient (Wildman–Crippen LogP) is 2.34. The minimum Gasteiger partial charge on any atom is -0.316 e. The number of rotatable bonds is 3. The summed E-state index contributed by atoms with van der Waals surface area (Å²) in [5.74, 6) is 0.886. The molecule has 0 spiro atoms. The first-order valence-corrected chi connectivity index (χ1v) is 4.74. The summed E-state index contributed by atoms with van der Waals surface area (Å²) in [7, 11) is 1.99. The molecular formula is C10H19N. The van der Waals surface area contributed by atoms with Crippen LogP contribution in [0.4, 0.5) is 0 Å². The Hall–Kier alpha value is -0.300. The maximum Gasteiger partial charge on any atom is 0.0131 e. The molecule has 1 aliphatic carbocycles. The third-order valence-corrected chi connectivity index (χ3v) is 2.38. The summed E-state index contributed by atoms with van der Waals surface area (Å²) in [4.78, 5) is 0. The molecule has 0 atom stereocenters. The zero-order chi connectivity index (χ0) is 7.94. The summed E-state index contributed by atoms with van der Waals surface area (Å²) in [6, 6.07) is 0. The van der Waals surface area contributed by atoms with E-state index in [0.29, 0.717) is 0 Å². The Bertz CT molecular complexity index is 112. The topological polar surface area (TPSA) is 12.0 Å². The highest BCUT2D eigenvalue weighted by Crippen LogP contribution is 2.24. The molecule has 0 radical (unpaired) electrons. The van der Waals surface area contributed by atoms with Gasteiger partial charge in [0, 0.05) is 6.54 Å². The average Bonchev–Trinajstić information content (AvgIpc) is 2.07. The molecule has 0 aromatic heterocycles. The molecule has 0 amide bonds. The van der Waals surface area contributed by atoms with Crippen molar-refractivity contribution in [3.63, 3.8) is 0 Å². The molecule has 64 valence electrons. The number of likely N-dealkylation sites (N-methyl/N-ethyl adjacent to an activating group) is 1. The molecule has 1 N–H and O–H groups in total. The van der Waals surface area contributed by atoms with Gasteiger partial charge in [0.25, 0.3) is 0 Å². The third kappa shape index (κ3) is 3.57. The molecular weight excluding hydrogens is 134 g/mol. The van der Waals surface area contributed by atoms with Crippen LogP contribution in [0.15, 0.2) is 12.2 Å². The first-order valence-electron chi connectivity index (χ1n) is 4.74. The van der Waals surface area contributed by atoms with Crippen molar-refractivity contribution in [3.8, 4) is 0 Å². The van der Waals surface area contributed by atoms with Gasteiger partial charge in [-0.2, -0.15) is 0 Å². The van der Waals surface area contributed by atoms with Crippen LogP contribution in [-0.2, 0) is 0 Å². The molecule has 0 heterocycles. The van der Waals surface area contributed by atoms with Crippen LogP contribution in [-0.4, -0.2) is 13.6 Å². The number of hydrogen-bond donors (Lipinski definition) is 1. The Morgan fingerprint density at radius 2 is 2.00 bits per heavy atom. The second-order valence-corrected chi connectivity index (χ2v) is 3.38. The highest BCUT2D eigenvalue weighted by Gasteiger charge is 2.08. The lowest BCUT2D eigenvalue weighted by molar-refractivity contribution is 0.419. The Kier molecular flexibility index (Phi) is 4.29. The van der Waals surface area contributed by atoms with Gasteiger partial charge in [-0.1, -0.05) is 31.4 Å².